The van der Waals surface area contributed by atoms with Gasteiger partial charge in [0.2, 0.25) is 6.79 Å². The second-order valence-electron chi connectivity index (χ2n) is 10.0. The van der Waals surface area contributed by atoms with Crippen LogP contribution in [0.5, 0.6) is 0 Å². The van der Waals surface area contributed by atoms with Crippen molar-refractivity contribution in [1.29, 1.82) is 0 Å². The maximum Gasteiger partial charge on any atom is 0.326 e. The molecule has 3 rings (SSSR count). The first kappa shape index (κ1) is 28.6. The lowest BCUT2D eigenvalue weighted by Crippen LogP contribution is -2.50. The number of carbonyl (C=O) groups is 3. The third-order valence-electron chi connectivity index (χ3n) is 5.76. The van der Waals surface area contributed by atoms with Crippen molar-refractivity contribution in [2.24, 2.45) is 5.41 Å². The normalized spacial score (nSPS) is 12.7. The lowest BCUT2D eigenvalue weighted by Gasteiger charge is -2.24. The Kier molecular flexibility index (Phi) is 10.6. The molecule has 2 atom stereocenters. The Morgan fingerprint density at radius 2 is 1.05 bits per heavy atom. The van der Waals surface area contributed by atoms with Gasteiger partial charge in [-0.05, 0) is 50.3 Å². The number of hydrogen-bond donors (Lipinski definition) is 1. The summed E-state index contributed by atoms with van der Waals surface area (Å²) >= 11 is 0. The van der Waals surface area contributed by atoms with Crippen LogP contribution in [-0.4, -0.2) is 36.8 Å². The van der Waals surface area contributed by atoms with Crippen LogP contribution in [0.15, 0.2) is 91.0 Å². The van der Waals surface area contributed by atoms with Crippen molar-refractivity contribution in [3.63, 3.8) is 0 Å². The van der Waals surface area contributed by atoms with E-state index in [1.807, 2.05) is 91.0 Å². The largest absolute Gasteiger partial charge is 0.460 e. The van der Waals surface area contributed by atoms with Gasteiger partial charge in [0.15, 0.2) is 0 Å². The predicted molar refractivity (Wildman–Crippen MR) is 144 cm³/mol. The van der Waals surface area contributed by atoms with Crippen LogP contribution < -0.4 is 5.32 Å². The summed E-state index contributed by atoms with van der Waals surface area (Å²) in [5.41, 5.74) is 1.93. The molecule has 0 radical (unpaired) electrons. The van der Waals surface area contributed by atoms with Gasteiger partial charge in [-0.25, -0.2) is 0 Å². The van der Waals surface area contributed by atoms with Crippen LogP contribution in [0, 0.1) is 5.41 Å². The number of carbonyl (C=O) groups excluding carboxylic acids is 3. The molecule has 0 fully saturated rings. The second-order valence-corrected chi connectivity index (χ2v) is 10.0. The summed E-state index contributed by atoms with van der Waals surface area (Å²) in [5.74, 6) is -1.60. The maximum atomic E-state index is 13.2. The Hall–Kier alpha value is -3.97. The summed E-state index contributed by atoms with van der Waals surface area (Å²) in [6, 6.07) is 26.6. The van der Waals surface area contributed by atoms with E-state index in [1.54, 1.807) is 20.8 Å². The van der Waals surface area contributed by atoms with E-state index in [2.05, 4.69) is 5.32 Å². The molecule has 200 valence electrons. The van der Waals surface area contributed by atoms with Crippen LogP contribution in [0.1, 0.15) is 37.5 Å². The fourth-order valence-electron chi connectivity index (χ4n) is 3.65. The van der Waals surface area contributed by atoms with Crippen LogP contribution in [0.25, 0.3) is 0 Å². The van der Waals surface area contributed by atoms with Crippen molar-refractivity contribution in [2.45, 2.75) is 52.3 Å². The quantitative estimate of drug-likeness (QED) is 0.277. The van der Waals surface area contributed by atoms with E-state index in [4.69, 9.17) is 14.2 Å². The van der Waals surface area contributed by atoms with Crippen LogP contribution in [0.3, 0.4) is 0 Å². The van der Waals surface area contributed by atoms with Gasteiger partial charge in [-0.3, -0.25) is 19.7 Å². The van der Waals surface area contributed by atoms with Crippen molar-refractivity contribution in [2.75, 3.05) is 6.79 Å². The summed E-state index contributed by atoms with van der Waals surface area (Å²) in [4.78, 5) is 38.5. The molecule has 0 saturated carbocycles. The zero-order valence-electron chi connectivity index (χ0n) is 22.1. The first-order valence-corrected chi connectivity index (χ1v) is 12.6. The minimum atomic E-state index is -0.885. The highest BCUT2D eigenvalue weighted by Gasteiger charge is 2.30. The average molecular weight is 518 g/mol. The van der Waals surface area contributed by atoms with Crippen molar-refractivity contribution in [3.05, 3.63) is 108 Å². The van der Waals surface area contributed by atoms with Gasteiger partial charge in [0.25, 0.3) is 0 Å². The first-order valence-electron chi connectivity index (χ1n) is 12.6. The Balaban J connectivity index is 1.76. The standard InChI is InChI=1S/C31H35NO6/c1-31(2,3)30(35)38-22-37-29(34)27(20-24-15-9-5-10-16-24)32-26(19-23-13-7-4-8-14-23)28(33)36-21-25-17-11-6-12-18-25/h4-18,26-27,32H,19-22H2,1-3H3/t26?,27-/m0/s1. The Bertz CT molecular complexity index is 1160. The smallest absolute Gasteiger partial charge is 0.326 e. The lowest BCUT2D eigenvalue weighted by molar-refractivity contribution is -0.174. The number of rotatable bonds is 12. The first-order chi connectivity index (χ1) is 18.2. The molecule has 0 spiro atoms. The van der Waals surface area contributed by atoms with Crippen LogP contribution in [-0.2, 0) is 48.0 Å². The lowest BCUT2D eigenvalue weighted by atomic mass is 9.98. The van der Waals surface area contributed by atoms with Crippen molar-refractivity contribution in [1.82, 2.24) is 5.32 Å². The summed E-state index contributed by atoms with van der Waals surface area (Å²) in [7, 11) is 0. The molecule has 0 saturated heterocycles. The van der Waals surface area contributed by atoms with Gasteiger partial charge < -0.3 is 14.2 Å². The summed E-state index contributed by atoms with van der Waals surface area (Å²) in [6.45, 7) is 4.75. The third kappa shape index (κ3) is 9.48. The van der Waals surface area contributed by atoms with Gasteiger partial charge in [0.1, 0.15) is 18.7 Å². The second kappa shape index (κ2) is 14.1. The van der Waals surface area contributed by atoms with Crippen molar-refractivity contribution in [3.8, 4) is 0 Å². The number of ether oxygens (including phenoxy) is 3. The SMILES string of the molecule is CC(C)(C)C(=O)OCOC(=O)[C@H](Cc1ccccc1)NC(Cc1ccccc1)C(=O)OCc1ccccc1. The summed E-state index contributed by atoms with van der Waals surface area (Å²) < 4.78 is 16.0. The molecule has 0 heterocycles. The molecule has 1 unspecified atom stereocenters. The molecule has 1 N–H and O–H groups in total. The molecule has 0 aliphatic heterocycles. The van der Waals surface area contributed by atoms with Gasteiger partial charge in [-0.1, -0.05) is 91.0 Å². The van der Waals surface area contributed by atoms with E-state index in [9.17, 15) is 14.4 Å². The molecule has 3 aromatic rings. The number of nitrogens with one attached hydrogen (secondary N) is 1. The fraction of sp³-hybridized carbons (Fsp3) is 0.323. The Morgan fingerprint density at radius 3 is 1.50 bits per heavy atom. The van der Waals surface area contributed by atoms with Crippen LogP contribution in [0.4, 0.5) is 0 Å². The third-order valence-corrected chi connectivity index (χ3v) is 5.76. The van der Waals surface area contributed by atoms with E-state index >= 15 is 0 Å². The molecule has 0 aliphatic rings. The van der Waals surface area contributed by atoms with E-state index in [-0.39, 0.29) is 13.0 Å². The molecule has 3 aromatic carbocycles. The van der Waals surface area contributed by atoms with Gasteiger partial charge >= 0.3 is 17.9 Å². The molecule has 7 heteroatoms. The van der Waals surface area contributed by atoms with Crippen molar-refractivity contribution < 1.29 is 28.6 Å². The number of esters is 3. The summed E-state index contributed by atoms with van der Waals surface area (Å²) in [6.07, 6.45) is 0.580. The number of hydrogen-bond acceptors (Lipinski definition) is 7. The summed E-state index contributed by atoms with van der Waals surface area (Å²) in [5, 5.41) is 3.17. The highest BCUT2D eigenvalue weighted by atomic mass is 16.7. The van der Waals surface area contributed by atoms with E-state index < -0.39 is 42.2 Å². The van der Waals surface area contributed by atoms with E-state index in [0.29, 0.717) is 6.42 Å². The zero-order chi connectivity index (χ0) is 27.4. The molecule has 0 bridgehead atoms. The van der Waals surface area contributed by atoms with Gasteiger partial charge in [0, 0.05) is 0 Å². The van der Waals surface area contributed by atoms with Gasteiger partial charge in [-0.2, -0.15) is 0 Å². The molecule has 7 nitrogen and oxygen atoms in total. The highest BCUT2D eigenvalue weighted by Crippen LogP contribution is 2.15. The minimum absolute atomic E-state index is 0.114. The van der Waals surface area contributed by atoms with E-state index in [0.717, 1.165) is 16.7 Å². The highest BCUT2D eigenvalue weighted by molar-refractivity contribution is 5.80. The molecular formula is C31H35NO6. The predicted octanol–water partition coefficient (Wildman–Crippen LogP) is 4.63. The zero-order valence-corrected chi connectivity index (χ0v) is 22.1. The van der Waals surface area contributed by atoms with Gasteiger partial charge in [0.05, 0.1) is 5.41 Å². The van der Waals surface area contributed by atoms with Crippen LogP contribution >= 0.6 is 0 Å². The maximum absolute atomic E-state index is 13.2. The van der Waals surface area contributed by atoms with Crippen LogP contribution in [0.2, 0.25) is 0 Å². The van der Waals surface area contributed by atoms with Gasteiger partial charge in [-0.15, -0.1) is 0 Å². The number of benzene rings is 3. The molecule has 0 aromatic heterocycles. The fourth-order valence-corrected chi connectivity index (χ4v) is 3.65. The Morgan fingerprint density at radius 1 is 0.632 bits per heavy atom. The molecule has 0 aliphatic carbocycles. The monoisotopic (exact) mass is 517 g/mol. The molecule has 0 amide bonds. The minimum Gasteiger partial charge on any atom is -0.460 e. The van der Waals surface area contributed by atoms with Crippen molar-refractivity contribution >= 4 is 17.9 Å². The molecular weight excluding hydrogens is 482 g/mol. The topological polar surface area (TPSA) is 90.9 Å². The Labute approximate surface area is 224 Å². The average Bonchev–Trinajstić information content (AvgIpc) is 2.92. The van der Waals surface area contributed by atoms with E-state index in [1.165, 1.54) is 0 Å². The molecule has 38 heavy (non-hydrogen) atoms.